The third-order valence-corrected chi connectivity index (χ3v) is 5.01. The maximum Gasteiger partial charge on any atom is 0.410 e. The number of benzene rings is 2. The molecule has 1 aliphatic rings. The van der Waals surface area contributed by atoms with E-state index in [2.05, 4.69) is 0 Å². The van der Waals surface area contributed by atoms with E-state index in [0.29, 0.717) is 24.3 Å². The topological polar surface area (TPSA) is 46.6 Å². The van der Waals surface area contributed by atoms with Gasteiger partial charge in [-0.2, -0.15) is 0 Å². The first-order chi connectivity index (χ1) is 12.6. The molecule has 0 saturated carbocycles. The minimum atomic E-state index is -0.381. The Bertz CT molecular complexity index is 761. The van der Waals surface area contributed by atoms with Crippen LogP contribution in [0.3, 0.4) is 0 Å². The Labute approximate surface area is 158 Å². The first-order valence-electron chi connectivity index (χ1n) is 8.84. The molecule has 26 heavy (non-hydrogen) atoms. The molecular formula is C21H22ClNO3. The normalized spacial score (nSPS) is 20.1. The summed E-state index contributed by atoms with van der Waals surface area (Å²) in [6.07, 6.45) is 1.00. The average Bonchev–Trinajstić information content (AvgIpc) is 2.66. The van der Waals surface area contributed by atoms with Gasteiger partial charge in [-0.15, -0.1) is 0 Å². The second-order valence-corrected chi connectivity index (χ2v) is 6.96. The molecule has 1 saturated heterocycles. The van der Waals surface area contributed by atoms with Crippen LogP contribution in [0.4, 0.5) is 4.79 Å². The lowest BCUT2D eigenvalue weighted by Crippen LogP contribution is -2.48. The van der Waals surface area contributed by atoms with Crippen LogP contribution in [0.1, 0.15) is 43.4 Å². The largest absolute Gasteiger partial charge is 0.445 e. The molecule has 0 aromatic heterocycles. The van der Waals surface area contributed by atoms with Crippen molar-refractivity contribution in [2.24, 2.45) is 0 Å². The van der Waals surface area contributed by atoms with Gasteiger partial charge in [-0.25, -0.2) is 4.79 Å². The van der Waals surface area contributed by atoms with Crippen molar-refractivity contribution in [2.75, 3.05) is 0 Å². The number of hydrogen-bond donors (Lipinski definition) is 0. The van der Waals surface area contributed by atoms with Crippen LogP contribution in [-0.2, 0) is 16.1 Å². The van der Waals surface area contributed by atoms with E-state index in [1.54, 1.807) is 17.0 Å². The number of nitrogens with zero attached hydrogens (tertiary/aromatic N) is 1. The molecule has 136 valence electrons. The van der Waals surface area contributed by atoms with Gasteiger partial charge in [0.15, 0.2) is 0 Å². The molecule has 1 amide bonds. The zero-order chi connectivity index (χ0) is 18.5. The van der Waals surface area contributed by atoms with Crippen molar-refractivity contribution >= 4 is 23.5 Å². The van der Waals surface area contributed by atoms with Gasteiger partial charge < -0.3 is 4.74 Å². The number of piperidine rings is 1. The summed E-state index contributed by atoms with van der Waals surface area (Å²) < 4.78 is 5.56. The van der Waals surface area contributed by atoms with E-state index in [1.807, 2.05) is 49.4 Å². The fourth-order valence-corrected chi connectivity index (χ4v) is 3.51. The standard InChI is InChI=1S/C21H22ClNO3/c1-2-18-12-19(24)13-20(16-8-10-17(22)11-9-16)23(18)21(25)26-14-15-6-4-3-5-7-15/h3-11,18,20H,2,12-14H2,1H3. The second kappa shape index (κ2) is 8.37. The Hall–Kier alpha value is -2.33. The van der Waals surface area contributed by atoms with E-state index in [1.165, 1.54) is 0 Å². The number of likely N-dealkylation sites (tertiary alicyclic amines) is 1. The summed E-state index contributed by atoms with van der Waals surface area (Å²) in [5.41, 5.74) is 1.84. The Morgan fingerprint density at radius 3 is 2.46 bits per heavy atom. The van der Waals surface area contributed by atoms with Crippen LogP contribution in [0.2, 0.25) is 5.02 Å². The monoisotopic (exact) mass is 371 g/mol. The highest BCUT2D eigenvalue weighted by Crippen LogP contribution is 2.35. The van der Waals surface area contributed by atoms with Gasteiger partial charge in [0.2, 0.25) is 0 Å². The summed E-state index contributed by atoms with van der Waals surface area (Å²) >= 11 is 5.98. The van der Waals surface area contributed by atoms with Gasteiger partial charge in [0.05, 0.1) is 6.04 Å². The third-order valence-electron chi connectivity index (χ3n) is 4.76. The Balaban J connectivity index is 1.81. The number of carbonyl (C=O) groups excluding carboxylic acids is 2. The van der Waals surface area contributed by atoms with Crippen molar-refractivity contribution in [2.45, 2.75) is 44.9 Å². The average molecular weight is 372 g/mol. The summed E-state index contributed by atoms with van der Waals surface area (Å²) in [4.78, 5) is 26.8. The molecule has 4 nitrogen and oxygen atoms in total. The highest BCUT2D eigenvalue weighted by molar-refractivity contribution is 6.30. The van der Waals surface area contributed by atoms with Crippen LogP contribution in [0.15, 0.2) is 54.6 Å². The zero-order valence-corrected chi connectivity index (χ0v) is 15.5. The quantitative estimate of drug-likeness (QED) is 0.745. The summed E-state index contributed by atoms with van der Waals surface area (Å²) in [6, 6.07) is 16.4. The van der Waals surface area contributed by atoms with Crippen molar-refractivity contribution in [1.82, 2.24) is 4.90 Å². The molecule has 0 N–H and O–H groups in total. The lowest BCUT2D eigenvalue weighted by molar-refractivity contribution is -0.124. The van der Waals surface area contributed by atoms with Gasteiger partial charge in [0.1, 0.15) is 12.4 Å². The molecule has 2 unspecified atom stereocenters. The number of amides is 1. The van der Waals surface area contributed by atoms with E-state index >= 15 is 0 Å². The predicted octanol–water partition coefficient (Wildman–Crippen LogP) is 5.16. The maximum atomic E-state index is 12.9. The van der Waals surface area contributed by atoms with E-state index in [-0.39, 0.29) is 30.6 Å². The van der Waals surface area contributed by atoms with Crippen LogP contribution in [-0.4, -0.2) is 22.8 Å². The SMILES string of the molecule is CCC1CC(=O)CC(c2ccc(Cl)cc2)N1C(=O)OCc1ccccc1. The fourth-order valence-electron chi connectivity index (χ4n) is 3.39. The van der Waals surface area contributed by atoms with Gasteiger partial charge in [-0.1, -0.05) is 61.0 Å². The van der Waals surface area contributed by atoms with E-state index in [9.17, 15) is 9.59 Å². The summed E-state index contributed by atoms with van der Waals surface area (Å²) in [6.45, 7) is 2.20. The molecule has 1 fully saturated rings. The summed E-state index contributed by atoms with van der Waals surface area (Å²) in [5.74, 6) is 0.170. The van der Waals surface area contributed by atoms with Crippen LogP contribution in [0.25, 0.3) is 0 Å². The molecular weight excluding hydrogens is 350 g/mol. The molecule has 0 spiro atoms. The first-order valence-corrected chi connectivity index (χ1v) is 9.22. The van der Waals surface area contributed by atoms with Crippen molar-refractivity contribution in [3.05, 3.63) is 70.7 Å². The Morgan fingerprint density at radius 1 is 1.12 bits per heavy atom. The molecule has 0 aliphatic carbocycles. The Morgan fingerprint density at radius 2 is 1.81 bits per heavy atom. The third kappa shape index (κ3) is 4.25. The van der Waals surface area contributed by atoms with Crippen molar-refractivity contribution in [1.29, 1.82) is 0 Å². The van der Waals surface area contributed by atoms with Crippen LogP contribution in [0.5, 0.6) is 0 Å². The van der Waals surface area contributed by atoms with Gasteiger partial charge in [0.25, 0.3) is 0 Å². The van der Waals surface area contributed by atoms with E-state index in [0.717, 1.165) is 11.1 Å². The molecule has 1 aliphatic heterocycles. The van der Waals surface area contributed by atoms with E-state index < -0.39 is 0 Å². The number of ketones is 1. The minimum Gasteiger partial charge on any atom is -0.445 e. The first kappa shape index (κ1) is 18.5. The molecule has 0 bridgehead atoms. The molecule has 0 radical (unpaired) electrons. The second-order valence-electron chi connectivity index (χ2n) is 6.52. The van der Waals surface area contributed by atoms with Gasteiger partial charge in [0, 0.05) is 23.9 Å². The predicted molar refractivity (Wildman–Crippen MR) is 101 cm³/mol. The summed E-state index contributed by atoms with van der Waals surface area (Å²) in [5, 5.41) is 0.626. The number of rotatable bonds is 4. The lowest BCUT2D eigenvalue weighted by Gasteiger charge is -2.40. The van der Waals surface area contributed by atoms with Crippen molar-refractivity contribution < 1.29 is 14.3 Å². The van der Waals surface area contributed by atoms with Crippen molar-refractivity contribution in [3.8, 4) is 0 Å². The van der Waals surface area contributed by atoms with Crippen LogP contribution < -0.4 is 0 Å². The molecule has 1 heterocycles. The minimum absolute atomic E-state index is 0.153. The number of Topliss-reactive ketones (excluding diaryl/α,β-unsaturated/α-hetero) is 1. The van der Waals surface area contributed by atoms with E-state index in [4.69, 9.17) is 16.3 Å². The smallest absolute Gasteiger partial charge is 0.410 e. The lowest BCUT2D eigenvalue weighted by atomic mass is 9.89. The molecule has 3 rings (SSSR count). The highest BCUT2D eigenvalue weighted by atomic mass is 35.5. The molecule has 2 aromatic carbocycles. The van der Waals surface area contributed by atoms with Gasteiger partial charge in [-0.05, 0) is 29.7 Å². The van der Waals surface area contributed by atoms with Crippen LogP contribution >= 0.6 is 11.6 Å². The van der Waals surface area contributed by atoms with Gasteiger partial charge >= 0.3 is 6.09 Å². The number of carbonyl (C=O) groups is 2. The van der Waals surface area contributed by atoms with Gasteiger partial charge in [-0.3, -0.25) is 9.69 Å². The zero-order valence-electron chi connectivity index (χ0n) is 14.7. The number of halogens is 1. The molecule has 2 atom stereocenters. The van der Waals surface area contributed by atoms with Crippen molar-refractivity contribution in [3.63, 3.8) is 0 Å². The van der Waals surface area contributed by atoms with Crippen LogP contribution in [0, 0.1) is 0 Å². The fraction of sp³-hybridized carbons (Fsp3) is 0.333. The maximum absolute atomic E-state index is 12.9. The number of ether oxygens (including phenoxy) is 1. The molecule has 2 aromatic rings. The highest BCUT2D eigenvalue weighted by Gasteiger charge is 2.38. The Kier molecular flexibility index (Phi) is 5.94. The number of hydrogen-bond acceptors (Lipinski definition) is 3. The molecule has 5 heteroatoms. The summed E-state index contributed by atoms with van der Waals surface area (Å²) in [7, 11) is 0.